The quantitative estimate of drug-likeness (QED) is 0.608. The van der Waals surface area contributed by atoms with E-state index in [0.29, 0.717) is 11.4 Å². The van der Waals surface area contributed by atoms with Crippen LogP contribution in [-0.4, -0.2) is 24.7 Å². The third-order valence-corrected chi connectivity index (χ3v) is 5.68. The minimum atomic E-state index is -3.51. The van der Waals surface area contributed by atoms with E-state index < -0.39 is 10.0 Å². The second kappa shape index (κ2) is 7.46. The molecular weight excluding hydrogens is 390 g/mol. The summed E-state index contributed by atoms with van der Waals surface area (Å²) >= 11 is 3.35. The van der Waals surface area contributed by atoms with Gasteiger partial charge in [-0.3, -0.25) is 4.68 Å². The van der Waals surface area contributed by atoms with Gasteiger partial charge in [-0.1, -0.05) is 36.4 Å². The van der Waals surface area contributed by atoms with E-state index in [4.69, 9.17) is 0 Å². The first kappa shape index (κ1) is 17.1. The molecule has 0 saturated heterocycles. The van der Waals surface area contributed by atoms with Crippen LogP contribution in [0.4, 0.5) is 0 Å². The lowest BCUT2D eigenvalue weighted by atomic mass is 10.1. The first-order valence-electron chi connectivity index (χ1n) is 7.72. The van der Waals surface area contributed by atoms with Crippen LogP contribution in [0.2, 0.25) is 0 Å². The number of nitrogens with zero attached hydrogens (tertiary/aromatic N) is 2. The summed E-state index contributed by atoms with van der Waals surface area (Å²) in [5.74, 6) is 0. The molecule has 0 aliphatic heterocycles. The monoisotopic (exact) mass is 407 g/mol. The van der Waals surface area contributed by atoms with Gasteiger partial charge in [0.1, 0.15) is 0 Å². The fourth-order valence-electron chi connectivity index (χ4n) is 2.57. The van der Waals surface area contributed by atoms with E-state index in [1.165, 1.54) is 0 Å². The van der Waals surface area contributed by atoms with E-state index in [0.717, 1.165) is 34.6 Å². The van der Waals surface area contributed by atoms with Gasteiger partial charge in [-0.05, 0) is 40.2 Å². The van der Waals surface area contributed by atoms with Crippen LogP contribution in [0.15, 0.2) is 64.2 Å². The van der Waals surface area contributed by atoms with Gasteiger partial charge in [-0.15, -0.1) is 0 Å². The molecule has 0 aliphatic rings. The van der Waals surface area contributed by atoms with Crippen molar-refractivity contribution >= 4 is 36.7 Å². The molecule has 0 amide bonds. The number of rotatable bonds is 7. The maximum Gasteiger partial charge on any atom is 0.241 e. The highest BCUT2D eigenvalue weighted by molar-refractivity contribution is 9.10. The second-order valence-corrected chi connectivity index (χ2v) is 8.15. The minimum absolute atomic E-state index is 0.330. The zero-order chi connectivity index (χ0) is 17.0. The average molecular weight is 408 g/mol. The third kappa shape index (κ3) is 4.03. The molecule has 1 heterocycles. The van der Waals surface area contributed by atoms with Crippen LogP contribution in [0.25, 0.3) is 10.8 Å². The molecular formula is C17H18BrN3O2S. The predicted molar refractivity (Wildman–Crippen MR) is 98.3 cm³/mol. The predicted octanol–water partition coefficient (Wildman–Crippen LogP) is 3.56. The molecule has 0 fully saturated rings. The molecule has 0 atom stereocenters. The number of sulfonamides is 1. The largest absolute Gasteiger partial charge is 0.272 e. The Morgan fingerprint density at radius 1 is 1.08 bits per heavy atom. The highest BCUT2D eigenvalue weighted by Gasteiger charge is 2.16. The molecule has 1 N–H and O–H groups in total. The van der Waals surface area contributed by atoms with Crippen molar-refractivity contribution in [3.8, 4) is 0 Å². The second-order valence-electron chi connectivity index (χ2n) is 5.50. The lowest BCUT2D eigenvalue weighted by Gasteiger charge is -2.09. The lowest BCUT2D eigenvalue weighted by molar-refractivity contribution is 0.545. The maximum absolute atomic E-state index is 12.5. The van der Waals surface area contributed by atoms with Crippen LogP contribution in [0.1, 0.15) is 12.8 Å². The van der Waals surface area contributed by atoms with Gasteiger partial charge in [0.25, 0.3) is 0 Å². The summed E-state index contributed by atoms with van der Waals surface area (Å²) in [6.07, 6.45) is 5.25. The van der Waals surface area contributed by atoms with Crippen molar-refractivity contribution in [2.45, 2.75) is 24.3 Å². The lowest BCUT2D eigenvalue weighted by Crippen LogP contribution is -2.25. The summed E-state index contributed by atoms with van der Waals surface area (Å²) in [4.78, 5) is 0.330. The zero-order valence-corrected chi connectivity index (χ0v) is 15.4. The van der Waals surface area contributed by atoms with Crippen LogP contribution >= 0.6 is 15.9 Å². The standard InChI is InChI=1S/C17H18BrN3O2S/c18-15-12-19-21(13-15)11-4-3-10-20-24(22,23)17-9-5-7-14-6-1-2-8-16(14)17/h1-2,5-9,12-13,20H,3-4,10-11H2. The average Bonchev–Trinajstić information content (AvgIpc) is 2.99. The molecule has 0 saturated carbocycles. The van der Waals surface area contributed by atoms with E-state index in [1.807, 2.05) is 41.2 Å². The van der Waals surface area contributed by atoms with Crippen molar-refractivity contribution in [3.63, 3.8) is 0 Å². The van der Waals surface area contributed by atoms with E-state index in [1.54, 1.807) is 18.3 Å². The molecule has 3 rings (SSSR count). The van der Waals surface area contributed by atoms with Crippen molar-refractivity contribution in [1.29, 1.82) is 0 Å². The smallest absolute Gasteiger partial charge is 0.241 e. The Hall–Kier alpha value is -1.70. The number of aryl methyl sites for hydroxylation is 1. The number of halogens is 1. The number of fused-ring (bicyclic) bond motifs is 1. The van der Waals surface area contributed by atoms with Gasteiger partial charge in [0.2, 0.25) is 10.0 Å². The molecule has 0 bridgehead atoms. The molecule has 24 heavy (non-hydrogen) atoms. The van der Waals surface area contributed by atoms with E-state index in [2.05, 4.69) is 25.8 Å². The number of hydrogen-bond donors (Lipinski definition) is 1. The van der Waals surface area contributed by atoms with Crippen LogP contribution in [0, 0.1) is 0 Å². The Bertz CT molecular complexity index is 932. The van der Waals surface area contributed by atoms with Crippen molar-refractivity contribution in [2.24, 2.45) is 0 Å². The zero-order valence-electron chi connectivity index (χ0n) is 13.0. The molecule has 0 aliphatic carbocycles. The van der Waals surface area contributed by atoms with Crippen LogP contribution in [-0.2, 0) is 16.6 Å². The molecule has 1 aromatic heterocycles. The van der Waals surface area contributed by atoms with Gasteiger partial charge in [0.05, 0.1) is 15.6 Å². The van der Waals surface area contributed by atoms with Crippen LogP contribution in [0.5, 0.6) is 0 Å². The van der Waals surface area contributed by atoms with Crippen molar-refractivity contribution in [1.82, 2.24) is 14.5 Å². The third-order valence-electron chi connectivity index (χ3n) is 3.75. The molecule has 126 valence electrons. The van der Waals surface area contributed by atoms with E-state index in [9.17, 15) is 8.42 Å². The highest BCUT2D eigenvalue weighted by atomic mass is 79.9. The Morgan fingerprint density at radius 3 is 2.67 bits per heavy atom. The van der Waals surface area contributed by atoms with Crippen LogP contribution in [0.3, 0.4) is 0 Å². The summed E-state index contributed by atoms with van der Waals surface area (Å²) in [5, 5.41) is 5.84. The van der Waals surface area contributed by atoms with Gasteiger partial charge >= 0.3 is 0 Å². The highest BCUT2D eigenvalue weighted by Crippen LogP contribution is 2.22. The summed E-state index contributed by atoms with van der Waals surface area (Å²) in [6, 6.07) is 12.8. The van der Waals surface area contributed by atoms with Crippen molar-refractivity contribution < 1.29 is 8.42 Å². The van der Waals surface area contributed by atoms with Crippen LogP contribution < -0.4 is 4.72 Å². The van der Waals surface area contributed by atoms with Gasteiger partial charge in [0.15, 0.2) is 0 Å². The SMILES string of the molecule is O=S(=O)(NCCCCn1cc(Br)cn1)c1cccc2ccccc12. The van der Waals surface area contributed by atoms with E-state index in [-0.39, 0.29) is 0 Å². The summed E-state index contributed by atoms with van der Waals surface area (Å²) < 4.78 is 30.6. The topological polar surface area (TPSA) is 64.0 Å². The fraction of sp³-hybridized carbons (Fsp3) is 0.235. The number of hydrogen-bond acceptors (Lipinski definition) is 3. The maximum atomic E-state index is 12.5. The van der Waals surface area contributed by atoms with Gasteiger partial charge in [-0.2, -0.15) is 5.10 Å². The Morgan fingerprint density at radius 2 is 1.88 bits per heavy atom. The number of aromatic nitrogens is 2. The fourth-order valence-corrected chi connectivity index (χ4v) is 4.20. The first-order valence-corrected chi connectivity index (χ1v) is 9.99. The summed E-state index contributed by atoms with van der Waals surface area (Å²) in [7, 11) is -3.51. The van der Waals surface area contributed by atoms with Gasteiger partial charge in [-0.25, -0.2) is 13.1 Å². The van der Waals surface area contributed by atoms with Crippen molar-refractivity contribution in [2.75, 3.05) is 6.54 Å². The minimum Gasteiger partial charge on any atom is -0.272 e. The molecule has 2 aromatic carbocycles. The molecule has 3 aromatic rings. The van der Waals surface area contributed by atoms with Gasteiger partial charge in [0, 0.05) is 24.7 Å². The summed E-state index contributed by atoms with van der Waals surface area (Å²) in [5.41, 5.74) is 0. The Kier molecular flexibility index (Phi) is 5.33. The molecule has 7 heteroatoms. The van der Waals surface area contributed by atoms with E-state index >= 15 is 0 Å². The normalized spacial score (nSPS) is 11.9. The number of nitrogens with one attached hydrogen (secondary N) is 1. The Balaban J connectivity index is 1.59. The Labute approximate surface area is 149 Å². The molecule has 0 spiro atoms. The number of benzene rings is 2. The molecule has 5 nitrogen and oxygen atoms in total. The first-order chi connectivity index (χ1) is 11.6. The summed E-state index contributed by atoms with van der Waals surface area (Å²) in [6.45, 7) is 1.18. The van der Waals surface area contributed by atoms with Crippen molar-refractivity contribution in [3.05, 3.63) is 59.3 Å². The number of unbranched alkanes of at least 4 members (excludes halogenated alkanes) is 1. The molecule has 0 radical (unpaired) electrons. The molecule has 0 unspecified atom stereocenters. The van der Waals surface area contributed by atoms with Gasteiger partial charge < -0.3 is 0 Å².